The highest BCUT2D eigenvalue weighted by atomic mass is 16.5. The summed E-state index contributed by atoms with van der Waals surface area (Å²) in [6.07, 6.45) is 0.765. The molecule has 1 N–H and O–H groups in total. The molecule has 2 rings (SSSR count). The summed E-state index contributed by atoms with van der Waals surface area (Å²) < 4.78 is 10.7. The van der Waals surface area contributed by atoms with Crippen molar-refractivity contribution in [3.05, 3.63) is 41.5 Å². The van der Waals surface area contributed by atoms with Gasteiger partial charge in [0.2, 0.25) is 0 Å². The van der Waals surface area contributed by atoms with Gasteiger partial charge in [0.05, 0.1) is 12.2 Å². The highest BCUT2D eigenvalue weighted by Crippen LogP contribution is 2.30. The molecule has 20 heavy (non-hydrogen) atoms. The molecule has 0 radical (unpaired) electrons. The minimum Gasteiger partial charge on any atom is -0.493 e. The van der Waals surface area contributed by atoms with Crippen LogP contribution in [0.5, 0.6) is 5.75 Å². The lowest BCUT2D eigenvalue weighted by atomic mass is 10.0. The molecule has 0 amide bonds. The van der Waals surface area contributed by atoms with Crippen molar-refractivity contribution in [2.75, 3.05) is 20.3 Å². The predicted octanol–water partition coefficient (Wildman–Crippen LogP) is 3.26. The van der Waals surface area contributed by atoms with Crippen LogP contribution in [-0.2, 0) is 4.74 Å². The summed E-state index contributed by atoms with van der Waals surface area (Å²) in [5, 5.41) is 11.0. The lowest BCUT2D eigenvalue weighted by Gasteiger charge is -2.12. The average Bonchev–Trinajstić information content (AvgIpc) is 2.44. The van der Waals surface area contributed by atoms with E-state index in [1.165, 1.54) is 0 Å². The number of benzene rings is 2. The first-order valence-electron chi connectivity index (χ1n) is 6.52. The molecule has 0 saturated heterocycles. The molecule has 0 spiro atoms. The lowest BCUT2D eigenvalue weighted by molar-refractivity contribution is 0.0696. The molecular weight excluding hydrogens is 256 g/mol. The molecule has 0 aromatic heterocycles. The van der Waals surface area contributed by atoms with Crippen molar-refractivity contribution in [1.82, 2.24) is 0 Å². The SMILES string of the molecule is COCCCOc1cc(C(=O)O)cc2c(C)cccc12. The monoisotopic (exact) mass is 274 g/mol. The van der Waals surface area contributed by atoms with Crippen molar-refractivity contribution in [3.8, 4) is 5.75 Å². The van der Waals surface area contributed by atoms with E-state index in [0.29, 0.717) is 19.0 Å². The molecular formula is C16H18O4. The van der Waals surface area contributed by atoms with Crippen LogP contribution in [0.1, 0.15) is 22.3 Å². The summed E-state index contributed by atoms with van der Waals surface area (Å²) in [5.74, 6) is -0.336. The van der Waals surface area contributed by atoms with Gasteiger partial charge < -0.3 is 14.6 Å². The third-order valence-electron chi connectivity index (χ3n) is 3.17. The molecule has 0 bridgehead atoms. The van der Waals surface area contributed by atoms with Crippen molar-refractivity contribution in [2.45, 2.75) is 13.3 Å². The van der Waals surface area contributed by atoms with E-state index in [0.717, 1.165) is 22.8 Å². The van der Waals surface area contributed by atoms with Gasteiger partial charge in [-0.25, -0.2) is 4.79 Å². The van der Waals surface area contributed by atoms with Gasteiger partial charge in [-0.2, -0.15) is 0 Å². The van der Waals surface area contributed by atoms with E-state index in [1.54, 1.807) is 19.2 Å². The van der Waals surface area contributed by atoms with Crippen LogP contribution in [0.25, 0.3) is 10.8 Å². The van der Waals surface area contributed by atoms with Crippen LogP contribution in [0.4, 0.5) is 0 Å². The Labute approximate surface area is 117 Å². The highest BCUT2D eigenvalue weighted by Gasteiger charge is 2.11. The minimum atomic E-state index is -0.947. The van der Waals surface area contributed by atoms with Gasteiger partial charge in [0, 0.05) is 25.5 Å². The summed E-state index contributed by atoms with van der Waals surface area (Å²) in [5.41, 5.74) is 1.28. The summed E-state index contributed by atoms with van der Waals surface area (Å²) in [7, 11) is 1.64. The zero-order valence-corrected chi connectivity index (χ0v) is 11.7. The maximum Gasteiger partial charge on any atom is 0.335 e. The van der Waals surface area contributed by atoms with E-state index in [4.69, 9.17) is 9.47 Å². The Morgan fingerprint density at radius 2 is 2.00 bits per heavy atom. The molecule has 4 nitrogen and oxygen atoms in total. The molecule has 4 heteroatoms. The number of hydrogen-bond acceptors (Lipinski definition) is 3. The van der Waals surface area contributed by atoms with Gasteiger partial charge in [0.15, 0.2) is 0 Å². The number of fused-ring (bicyclic) bond motifs is 1. The zero-order valence-electron chi connectivity index (χ0n) is 11.7. The maximum atomic E-state index is 11.2. The number of methoxy groups -OCH3 is 1. The van der Waals surface area contributed by atoms with E-state index in [2.05, 4.69) is 0 Å². The number of carbonyl (C=O) groups is 1. The van der Waals surface area contributed by atoms with Gasteiger partial charge in [0.25, 0.3) is 0 Å². The van der Waals surface area contributed by atoms with Crippen molar-refractivity contribution in [2.24, 2.45) is 0 Å². The van der Waals surface area contributed by atoms with Crippen LogP contribution in [0, 0.1) is 6.92 Å². The zero-order chi connectivity index (χ0) is 14.5. The van der Waals surface area contributed by atoms with Gasteiger partial charge in [-0.3, -0.25) is 0 Å². The van der Waals surface area contributed by atoms with Crippen molar-refractivity contribution < 1.29 is 19.4 Å². The molecule has 0 heterocycles. The fourth-order valence-corrected chi connectivity index (χ4v) is 2.13. The Bertz CT molecular complexity index is 619. The molecule has 0 aliphatic rings. The Balaban J connectivity index is 2.40. The number of carboxylic acids is 1. The topological polar surface area (TPSA) is 55.8 Å². The van der Waals surface area contributed by atoms with Crippen LogP contribution >= 0.6 is 0 Å². The van der Waals surface area contributed by atoms with Crippen LogP contribution < -0.4 is 4.74 Å². The van der Waals surface area contributed by atoms with Crippen molar-refractivity contribution >= 4 is 16.7 Å². The first-order valence-corrected chi connectivity index (χ1v) is 6.52. The number of rotatable bonds is 6. The molecule has 0 aliphatic heterocycles. The number of ether oxygens (including phenoxy) is 2. The molecule has 0 saturated carbocycles. The van der Waals surface area contributed by atoms with Gasteiger partial charge >= 0.3 is 5.97 Å². The van der Waals surface area contributed by atoms with Crippen LogP contribution in [0.15, 0.2) is 30.3 Å². The molecule has 0 atom stereocenters. The normalized spacial score (nSPS) is 10.7. The molecule has 0 unspecified atom stereocenters. The average molecular weight is 274 g/mol. The predicted molar refractivity (Wildman–Crippen MR) is 77.6 cm³/mol. The summed E-state index contributed by atoms with van der Waals surface area (Å²) >= 11 is 0. The van der Waals surface area contributed by atoms with Gasteiger partial charge in [-0.05, 0) is 30.0 Å². The van der Waals surface area contributed by atoms with Crippen LogP contribution in [0.2, 0.25) is 0 Å². The van der Waals surface area contributed by atoms with Gasteiger partial charge in [-0.1, -0.05) is 18.2 Å². The highest BCUT2D eigenvalue weighted by molar-refractivity contribution is 5.98. The second-order valence-electron chi connectivity index (χ2n) is 4.64. The Kier molecular flexibility index (Phi) is 4.58. The minimum absolute atomic E-state index is 0.244. The number of aryl methyl sites for hydroxylation is 1. The second-order valence-corrected chi connectivity index (χ2v) is 4.64. The van der Waals surface area contributed by atoms with Gasteiger partial charge in [-0.15, -0.1) is 0 Å². The standard InChI is InChI=1S/C16H18O4/c1-11-5-3-6-13-14(11)9-12(16(17)18)10-15(13)20-8-4-7-19-2/h3,5-6,9-10H,4,7-8H2,1-2H3,(H,17,18). The molecule has 2 aromatic rings. The smallest absolute Gasteiger partial charge is 0.335 e. The number of carboxylic acid groups (broad SMARTS) is 1. The van der Waals surface area contributed by atoms with E-state index in [9.17, 15) is 9.90 Å². The first kappa shape index (κ1) is 14.3. The lowest BCUT2D eigenvalue weighted by Crippen LogP contribution is -2.04. The van der Waals surface area contributed by atoms with E-state index < -0.39 is 5.97 Å². The first-order chi connectivity index (χ1) is 9.63. The van der Waals surface area contributed by atoms with Crippen molar-refractivity contribution in [1.29, 1.82) is 0 Å². The third kappa shape index (κ3) is 3.08. The van der Waals surface area contributed by atoms with E-state index in [1.807, 2.05) is 25.1 Å². The van der Waals surface area contributed by atoms with Crippen LogP contribution in [-0.4, -0.2) is 31.4 Å². The van der Waals surface area contributed by atoms with Gasteiger partial charge in [0.1, 0.15) is 5.75 Å². The van der Waals surface area contributed by atoms with E-state index in [-0.39, 0.29) is 5.56 Å². The third-order valence-corrected chi connectivity index (χ3v) is 3.17. The fraction of sp³-hybridized carbons (Fsp3) is 0.312. The fourth-order valence-electron chi connectivity index (χ4n) is 2.13. The quantitative estimate of drug-likeness (QED) is 0.821. The number of aromatic carboxylic acids is 1. The summed E-state index contributed by atoms with van der Waals surface area (Å²) in [4.78, 5) is 11.2. The molecule has 0 aliphatic carbocycles. The molecule has 106 valence electrons. The largest absolute Gasteiger partial charge is 0.493 e. The van der Waals surface area contributed by atoms with Crippen LogP contribution in [0.3, 0.4) is 0 Å². The number of hydrogen-bond donors (Lipinski definition) is 1. The Hall–Kier alpha value is -2.07. The Morgan fingerprint density at radius 3 is 2.70 bits per heavy atom. The summed E-state index contributed by atoms with van der Waals surface area (Å²) in [6.45, 7) is 3.08. The maximum absolute atomic E-state index is 11.2. The summed E-state index contributed by atoms with van der Waals surface area (Å²) in [6, 6.07) is 9.12. The second kappa shape index (κ2) is 6.39. The van der Waals surface area contributed by atoms with E-state index >= 15 is 0 Å². The molecule has 0 fully saturated rings. The van der Waals surface area contributed by atoms with Crippen molar-refractivity contribution in [3.63, 3.8) is 0 Å². The molecule has 2 aromatic carbocycles. The Morgan fingerprint density at radius 1 is 1.20 bits per heavy atom.